The molecule has 1 heterocycles. The van der Waals surface area contributed by atoms with Gasteiger partial charge in [0.15, 0.2) is 17.7 Å². The van der Waals surface area contributed by atoms with Crippen molar-refractivity contribution in [2.75, 3.05) is 0 Å². The first-order chi connectivity index (χ1) is 14.0. The molecule has 1 amide bonds. The largest absolute Gasteiger partial charge is 0.479 e. The van der Waals surface area contributed by atoms with Gasteiger partial charge in [-0.1, -0.05) is 48.5 Å². The Bertz CT molecular complexity index is 995. The highest BCUT2D eigenvalue weighted by Gasteiger charge is 2.24. The third-order valence-electron chi connectivity index (χ3n) is 4.92. The van der Waals surface area contributed by atoms with E-state index in [2.05, 4.69) is 10.3 Å². The number of aromatic nitrogens is 1. The maximum Gasteiger partial charge on any atom is 0.330 e. The van der Waals surface area contributed by atoms with Crippen LogP contribution in [-0.2, 0) is 16.0 Å². The van der Waals surface area contributed by atoms with E-state index in [0.29, 0.717) is 30.1 Å². The lowest BCUT2D eigenvalue weighted by atomic mass is 9.97. The van der Waals surface area contributed by atoms with E-state index in [9.17, 15) is 14.7 Å². The summed E-state index contributed by atoms with van der Waals surface area (Å²) in [5.74, 6) is -0.146. The van der Waals surface area contributed by atoms with Crippen LogP contribution in [0.1, 0.15) is 41.5 Å². The molecule has 2 aromatic carbocycles. The first-order valence-corrected chi connectivity index (χ1v) is 9.54. The fraction of sp³-hybridized carbons (Fsp3) is 0.261. The van der Waals surface area contributed by atoms with Gasteiger partial charge in [0.2, 0.25) is 5.91 Å². The molecule has 1 unspecified atom stereocenters. The number of nitrogens with zero attached hydrogens (tertiary/aromatic N) is 1. The van der Waals surface area contributed by atoms with E-state index in [-0.39, 0.29) is 12.3 Å². The minimum absolute atomic E-state index is 0.192. The maximum atomic E-state index is 12.3. The van der Waals surface area contributed by atoms with E-state index in [4.69, 9.17) is 4.42 Å². The van der Waals surface area contributed by atoms with Crippen LogP contribution in [0.25, 0.3) is 11.3 Å². The molecule has 0 fully saturated rings. The molecule has 0 radical (unpaired) electrons. The number of benzene rings is 2. The molecule has 6 nitrogen and oxygen atoms in total. The molecule has 0 aliphatic rings. The van der Waals surface area contributed by atoms with Crippen LogP contribution in [0.5, 0.6) is 0 Å². The lowest BCUT2D eigenvalue weighted by molar-refractivity contribution is -0.142. The fourth-order valence-corrected chi connectivity index (χ4v) is 3.15. The molecule has 0 aliphatic carbocycles. The normalized spacial score (nSPS) is 11.8. The first-order valence-electron chi connectivity index (χ1n) is 9.54. The zero-order chi connectivity index (χ0) is 20.8. The van der Waals surface area contributed by atoms with Crippen molar-refractivity contribution in [3.8, 4) is 11.3 Å². The average molecular weight is 392 g/mol. The Balaban J connectivity index is 1.56. The van der Waals surface area contributed by atoms with Crippen LogP contribution in [0.2, 0.25) is 0 Å². The molecule has 0 saturated heterocycles. The number of carbonyl (C=O) groups excluding carboxylic acids is 1. The monoisotopic (exact) mass is 392 g/mol. The Morgan fingerprint density at radius 1 is 1.10 bits per heavy atom. The van der Waals surface area contributed by atoms with Crippen molar-refractivity contribution in [1.82, 2.24) is 10.3 Å². The molecule has 0 aliphatic heterocycles. The minimum Gasteiger partial charge on any atom is -0.479 e. The lowest BCUT2D eigenvalue weighted by Crippen LogP contribution is -2.34. The highest BCUT2D eigenvalue weighted by Crippen LogP contribution is 2.22. The summed E-state index contributed by atoms with van der Waals surface area (Å²) in [4.78, 5) is 28.3. The molecule has 29 heavy (non-hydrogen) atoms. The number of carboxylic acids is 1. The summed E-state index contributed by atoms with van der Waals surface area (Å²) >= 11 is 0. The Kier molecular flexibility index (Phi) is 6.44. The molecule has 6 heteroatoms. The Labute approximate surface area is 169 Å². The second kappa shape index (κ2) is 9.19. The highest BCUT2D eigenvalue weighted by atomic mass is 16.4. The molecule has 3 rings (SSSR count). The van der Waals surface area contributed by atoms with E-state index in [1.54, 1.807) is 18.3 Å². The van der Waals surface area contributed by atoms with Crippen LogP contribution in [0.3, 0.4) is 0 Å². The number of hydrogen-bond acceptors (Lipinski definition) is 4. The molecule has 0 bridgehead atoms. The van der Waals surface area contributed by atoms with Gasteiger partial charge in [0, 0.05) is 18.4 Å². The summed E-state index contributed by atoms with van der Waals surface area (Å²) in [5.41, 5.74) is 3.41. The van der Waals surface area contributed by atoms with Crippen molar-refractivity contribution in [3.63, 3.8) is 0 Å². The third-order valence-corrected chi connectivity index (χ3v) is 4.92. The van der Waals surface area contributed by atoms with Crippen LogP contribution in [0, 0.1) is 13.8 Å². The van der Waals surface area contributed by atoms with E-state index in [1.807, 2.05) is 50.2 Å². The molecule has 1 aromatic heterocycles. The van der Waals surface area contributed by atoms with Gasteiger partial charge in [-0.3, -0.25) is 4.79 Å². The molecule has 150 valence electrons. The molecular weight excluding hydrogens is 368 g/mol. The summed E-state index contributed by atoms with van der Waals surface area (Å²) in [6, 6.07) is 14.1. The number of carbonyl (C=O) groups is 2. The van der Waals surface area contributed by atoms with Crippen LogP contribution < -0.4 is 5.32 Å². The van der Waals surface area contributed by atoms with Gasteiger partial charge in [0.25, 0.3) is 0 Å². The Morgan fingerprint density at radius 2 is 1.86 bits per heavy atom. The number of aryl methyl sites for hydroxylation is 2. The first kappa shape index (κ1) is 20.3. The van der Waals surface area contributed by atoms with Gasteiger partial charge >= 0.3 is 5.97 Å². The van der Waals surface area contributed by atoms with Gasteiger partial charge in [-0.15, -0.1) is 0 Å². The van der Waals surface area contributed by atoms with Gasteiger partial charge in [0.1, 0.15) is 0 Å². The van der Waals surface area contributed by atoms with Crippen LogP contribution in [-0.4, -0.2) is 22.0 Å². The van der Waals surface area contributed by atoms with Crippen molar-refractivity contribution in [1.29, 1.82) is 0 Å². The average Bonchev–Trinajstić information content (AvgIpc) is 3.18. The smallest absolute Gasteiger partial charge is 0.330 e. The predicted octanol–water partition coefficient (Wildman–Crippen LogP) is 4.22. The number of hydrogen-bond donors (Lipinski definition) is 2. The van der Waals surface area contributed by atoms with E-state index in [1.165, 1.54) is 0 Å². The second-order valence-electron chi connectivity index (χ2n) is 6.97. The minimum atomic E-state index is -1.08. The standard InChI is InChI=1S/C23H24N2O4/c1-15-8-6-11-18(16(15)2)22(23(27)28)25-20(26)12-7-13-21-24-14-19(29-21)17-9-4-3-5-10-17/h3-6,8-11,14,22H,7,12-13H2,1-2H3,(H,25,26)(H,27,28). The van der Waals surface area contributed by atoms with Crippen LogP contribution in [0.15, 0.2) is 59.1 Å². The van der Waals surface area contributed by atoms with Gasteiger partial charge < -0.3 is 14.8 Å². The third kappa shape index (κ3) is 5.10. The quantitative estimate of drug-likeness (QED) is 0.599. The van der Waals surface area contributed by atoms with Gasteiger partial charge in [-0.2, -0.15) is 0 Å². The van der Waals surface area contributed by atoms with Crippen LogP contribution >= 0.6 is 0 Å². The van der Waals surface area contributed by atoms with E-state index >= 15 is 0 Å². The fourth-order valence-electron chi connectivity index (χ4n) is 3.15. The number of rotatable bonds is 8. The van der Waals surface area contributed by atoms with Crippen molar-refractivity contribution >= 4 is 11.9 Å². The lowest BCUT2D eigenvalue weighted by Gasteiger charge is -2.18. The van der Waals surface area contributed by atoms with Crippen molar-refractivity contribution < 1.29 is 19.1 Å². The summed E-state index contributed by atoms with van der Waals surface area (Å²) < 4.78 is 5.73. The second-order valence-corrected chi connectivity index (χ2v) is 6.97. The SMILES string of the molecule is Cc1cccc(C(NC(=O)CCCc2ncc(-c3ccccc3)o2)C(=O)O)c1C. The molecule has 0 spiro atoms. The molecule has 2 N–H and O–H groups in total. The van der Waals surface area contributed by atoms with Crippen LogP contribution in [0.4, 0.5) is 0 Å². The summed E-state index contributed by atoms with van der Waals surface area (Å²) in [7, 11) is 0. The Morgan fingerprint density at radius 3 is 2.59 bits per heavy atom. The van der Waals surface area contributed by atoms with Crippen molar-refractivity contribution in [2.45, 2.75) is 39.2 Å². The van der Waals surface area contributed by atoms with Gasteiger partial charge in [0.05, 0.1) is 6.20 Å². The van der Waals surface area contributed by atoms with E-state index in [0.717, 1.165) is 16.7 Å². The maximum absolute atomic E-state index is 12.3. The molecule has 0 saturated carbocycles. The van der Waals surface area contributed by atoms with Crippen molar-refractivity contribution in [2.24, 2.45) is 0 Å². The topological polar surface area (TPSA) is 92.4 Å². The Hall–Kier alpha value is -3.41. The zero-order valence-electron chi connectivity index (χ0n) is 16.5. The summed E-state index contributed by atoms with van der Waals surface area (Å²) in [6.45, 7) is 3.78. The molecular formula is C23H24N2O4. The molecule has 3 aromatic rings. The number of amides is 1. The summed E-state index contributed by atoms with van der Waals surface area (Å²) in [6.07, 6.45) is 2.88. The number of oxazole rings is 1. The van der Waals surface area contributed by atoms with Gasteiger partial charge in [-0.25, -0.2) is 9.78 Å². The summed E-state index contributed by atoms with van der Waals surface area (Å²) in [5, 5.41) is 12.2. The van der Waals surface area contributed by atoms with Crippen molar-refractivity contribution in [3.05, 3.63) is 77.3 Å². The highest BCUT2D eigenvalue weighted by molar-refractivity contribution is 5.84. The van der Waals surface area contributed by atoms with Gasteiger partial charge in [-0.05, 0) is 37.0 Å². The van der Waals surface area contributed by atoms with E-state index < -0.39 is 12.0 Å². The molecule has 1 atom stereocenters. The number of aliphatic carboxylic acids is 1. The zero-order valence-corrected chi connectivity index (χ0v) is 16.5. The predicted molar refractivity (Wildman–Crippen MR) is 109 cm³/mol. The number of nitrogens with one attached hydrogen (secondary N) is 1. The number of carboxylic acid groups (broad SMARTS) is 1.